The van der Waals surface area contributed by atoms with Crippen LogP contribution in [0.4, 0.5) is 0 Å². The molecule has 176 valence electrons. The molecule has 7 heteroatoms. The maximum absolute atomic E-state index is 12.8. The fourth-order valence-corrected chi connectivity index (χ4v) is 3.38. The fraction of sp³-hybridized carbons (Fsp3) is 0.107. The number of hydrazone groups is 1. The van der Waals surface area contributed by atoms with Gasteiger partial charge in [-0.1, -0.05) is 48.5 Å². The zero-order valence-corrected chi connectivity index (χ0v) is 19.1. The Morgan fingerprint density at radius 3 is 2.31 bits per heavy atom. The Kier molecular flexibility index (Phi) is 7.70. The van der Waals surface area contributed by atoms with Gasteiger partial charge in [0.05, 0.1) is 18.4 Å². The van der Waals surface area contributed by atoms with E-state index in [4.69, 9.17) is 14.2 Å². The van der Waals surface area contributed by atoms with Gasteiger partial charge in [-0.05, 0) is 60.2 Å². The number of fused-ring (bicyclic) bond motifs is 1. The summed E-state index contributed by atoms with van der Waals surface area (Å²) in [5.74, 6) is 0.649. The average Bonchev–Trinajstić information content (AvgIpc) is 2.89. The lowest BCUT2D eigenvalue weighted by molar-refractivity contribution is -0.123. The van der Waals surface area contributed by atoms with Crippen molar-refractivity contribution in [2.45, 2.75) is 6.92 Å². The van der Waals surface area contributed by atoms with Crippen LogP contribution < -0.4 is 19.6 Å². The molecule has 0 aromatic heterocycles. The Morgan fingerprint density at radius 2 is 1.54 bits per heavy atom. The van der Waals surface area contributed by atoms with E-state index in [-0.39, 0.29) is 6.61 Å². The van der Waals surface area contributed by atoms with Crippen LogP contribution in [0.5, 0.6) is 17.2 Å². The third-order valence-corrected chi connectivity index (χ3v) is 5.03. The Bertz CT molecular complexity index is 1330. The summed E-state index contributed by atoms with van der Waals surface area (Å²) in [6.07, 6.45) is 1.46. The molecule has 35 heavy (non-hydrogen) atoms. The van der Waals surface area contributed by atoms with Gasteiger partial charge in [0.1, 0.15) is 17.2 Å². The molecule has 0 aliphatic heterocycles. The Balaban J connectivity index is 1.50. The maximum Gasteiger partial charge on any atom is 0.343 e. The standard InChI is InChI=1S/C28H24N2O5/c1-2-33-23-15-12-21(13-16-23)28(32)35-26-17-14-20-8-6-7-11-24(20)25(26)18-29-30-27(31)19-34-22-9-4-3-5-10-22/h3-18H,2,19H2,1H3,(H,30,31)/b29-18+. The first-order valence-electron chi connectivity index (χ1n) is 11.1. The van der Waals surface area contributed by atoms with Crippen molar-refractivity contribution in [2.75, 3.05) is 13.2 Å². The third kappa shape index (κ3) is 6.23. The van der Waals surface area contributed by atoms with Crippen LogP contribution in [0.1, 0.15) is 22.8 Å². The van der Waals surface area contributed by atoms with Crippen molar-refractivity contribution in [3.8, 4) is 17.2 Å². The highest BCUT2D eigenvalue weighted by molar-refractivity contribution is 6.04. The van der Waals surface area contributed by atoms with Crippen LogP contribution in [0, 0.1) is 0 Å². The number of benzene rings is 4. The quantitative estimate of drug-likeness (QED) is 0.162. The summed E-state index contributed by atoms with van der Waals surface area (Å²) in [5, 5.41) is 5.83. The molecular weight excluding hydrogens is 444 g/mol. The van der Waals surface area contributed by atoms with Crippen molar-refractivity contribution in [1.82, 2.24) is 5.43 Å². The van der Waals surface area contributed by atoms with Crippen LogP contribution in [0.2, 0.25) is 0 Å². The molecule has 0 saturated heterocycles. The fourth-order valence-electron chi connectivity index (χ4n) is 3.38. The predicted octanol–water partition coefficient (Wildman–Crippen LogP) is 4.99. The molecule has 0 aliphatic carbocycles. The molecule has 0 spiro atoms. The molecule has 0 heterocycles. The van der Waals surface area contributed by atoms with Gasteiger partial charge in [-0.2, -0.15) is 5.10 Å². The lowest BCUT2D eigenvalue weighted by Crippen LogP contribution is -2.24. The largest absolute Gasteiger partial charge is 0.494 e. The SMILES string of the molecule is CCOc1ccc(C(=O)Oc2ccc3ccccc3c2/C=N/NC(=O)COc2ccccc2)cc1. The number of para-hydroxylation sites is 1. The van der Waals surface area contributed by atoms with Crippen molar-refractivity contribution < 1.29 is 23.8 Å². The highest BCUT2D eigenvalue weighted by atomic mass is 16.5. The van der Waals surface area contributed by atoms with Gasteiger partial charge in [-0.25, -0.2) is 10.2 Å². The first-order chi connectivity index (χ1) is 17.1. The van der Waals surface area contributed by atoms with E-state index < -0.39 is 11.9 Å². The number of ether oxygens (including phenoxy) is 3. The van der Waals surface area contributed by atoms with Gasteiger partial charge >= 0.3 is 5.97 Å². The van der Waals surface area contributed by atoms with Crippen molar-refractivity contribution in [3.63, 3.8) is 0 Å². The first kappa shape index (κ1) is 23.5. The van der Waals surface area contributed by atoms with E-state index in [1.165, 1.54) is 6.21 Å². The second-order valence-electron chi connectivity index (χ2n) is 7.44. The molecule has 0 bridgehead atoms. The summed E-state index contributed by atoms with van der Waals surface area (Å²) in [6, 6.07) is 27.0. The minimum Gasteiger partial charge on any atom is -0.494 e. The lowest BCUT2D eigenvalue weighted by Gasteiger charge is -2.11. The normalized spacial score (nSPS) is 10.8. The van der Waals surface area contributed by atoms with Gasteiger partial charge in [-0.15, -0.1) is 0 Å². The summed E-state index contributed by atoms with van der Waals surface area (Å²) >= 11 is 0. The lowest BCUT2D eigenvalue weighted by atomic mass is 10.0. The van der Waals surface area contributed by atoms with E-state index in [1.807, 2.05) is 55.5 Å². The van der Waals surface area contributed by atoms with Crippen LogP contribution in [0.3, 0.4) is 0 Å². The molecule has 7 nitrogen and oxygen atoms in total. The van der Waals surface area contributed by atoms with E-state index in [9.17, 15) is 9.59 Å². The number of amides is 1. The molecular formula is C28H24N2O5. The minimum atomic E-state index is -0.515. The van der Waals surface area contributed by atoms with Gasteiger partial charge in [0.25, 0.3) is 5.91 Å². The monoisotopic (exact) mass is 468 g/mol. The molecule has 0 aliphatic rings. The predicted molar refractivity (Wildman–Crippen MR) is 134 cm³/mol. The smallest absolute Gasteiger partial charge is 0.343 e. The number of esters is 1. The van der Waals surface area contributed by atoms with E-state index >= 15 is 0 Å². The Hall–Kier alpha value is -4.65. The summed E-state index contributed by atoms with van der Waals surface area (Å²) in [6.45, 7) is 2.25. The number of carbonyl (C=O) groups excluding carboxylic acids is 2. The number of nitrogens with one attached hydrogen (secondary N) is 1. The van der Waals surface area contributed by atoms with Crippen LogP contribution in [-0.4, -0.2) is 31.3 Å². The van der Waals surface area contributed by atoms with E-state index in [2.05, 4.69) is 10.5 Å². The second kappa shape index (κ2) is 11.5. The van der Waals surface area contributed by atoms with Crippen molar-refractivity contribution >= 4 is 28.9 Å². The van der Waals surface area contributed by atoms with Crippen molar-refractivity contribution in [2.24, 2.45) is 5.10 Å². The van der Waals surface area contributed by atoms with Gasteiger partial charge in [0.2, 0.25) is 0 Å². The van der Waals surface area contributed by atoms with E-state index in [0.29, 0.717) is 35.0 Å². The number of carbonyl (C=O) groups is 2. The number of hydrogen-bond acceptors (Lipinski definition) is 6. The van der Waals surface area contributed by atoms with Crippen molar-refractivity contribution in [1.29, 1.82) is 0 Å². The second-order valence-corrected chi connectivity index (χ2v) is 7.44. The number of hydrogen-bond donors (Lipinski definition) is 1. The van der Waals surface area contributed by atoms with Crippen LogP contribution in [0.25, 0.3) is 10.8 Å². The summed E-state index contributed by atoms with van der Waals surface area (Å²) in [4.78, 5) is 24.9. The van der Waals surface area contributed by atoms with E-state index in [0.717, 1.165) is 10.8 Å². The molecule has 0 saturated carbocycles. The summed E-state index contributed by atoms with van der Waals surface area (Å²) in [5.41, 5.74) is 3.39. The Labute approximate surface area is 202 Å². The molecule has 0 unspecified atom stereocenters. The average molecular weight is 469 g/mol. The van der Waals surface area contributed by atoms with Gasteiger partial charge in [-0.3, -0.25) is 4.79 Å². The Morgan fingerprint density at radius 1 is 0.829 bits per heavy atom. The molecule has 4 rings (SSSR count). The molecule has 0 fully saturated rings. The van der Waals surface area contributed by atoms with E-state index in [1.54, 1.807) is 42.5 Å². The first-order valence-corrected chi connectivity index (χ1v) is 11.1. The van der Waals surface area contributed by atoms with Gasteiger partial charge in [0.15, 0.2) is 6.61 Å². The zero-order valence-electron chi connectivity index (χ0n) is 19.1. The topological polar surface area (TPSA) is 86.2 Å². The summed E-state index contributed by atoms with van der Waals surface area (Å²) in [7, 11) is 0. The highest BCUT2D eigenvalue weighted by Crippen LogP contribution is 2.27. The van der Waals surface area contributed by atoms with Crippen molar-refractivity contribution in [3.05, 3.63) is 102 Å². The molecule has 1 N–H and O–H groups in total. The number of nitrogens with zero attached hydrogens (tertiary/aromatic N) is 1. The molecule has 1 amide bonds. The van der Waals surface area contributed by atoms with Gasteiger partial charge < -0.3 is 14.2 Å². The van der Waals surface area contributed by atoms with Gasteiger partial charge in [0, 0.05) is 5.56 Å². The molecule has 4 aromatic carbocycles. The van der Waals surface area contributed by atoms with Crippen LogP contribution in [0.15, 0.2) is 96.1 Å². The van der Waals surface area contributed by atoms with Crippen LogP contribution >= 0.6 is 0 Å². The number of rotatable bonds is 9. The highest BCUT2D eigenvalue weighted by Gasteiger charge is 2.14. The third-order valence-electron chi connectivity index (χ3n) is 5.03. The molecule has 0 radical (unpaired) electrons. The molecule has 4 aromatic rings. The zero-order chi connectivity index (χ0) is 24.5. The van der Waals surface area contributed by atoms with Crippen LogP contribution in [-0.2, 0) is 4.79 Å². The minimum absolute atomic E-state index is 0.184. The summed E-state index contributed by atoms with van der Waals surface area (Å²) < 4.78 is 16.5. The maximum atomic E-state index is 12.8. The molecule has 0 atom stereocenters.